The Balaban J connectivity index is 1.16. The van der Waals surface area contributed by atoms with Gasteiger partial charge in [-0.15, -0.1) is 0 Å². The summed E-state index contributed by atoms with van der Waals surface area (Å²) >= 11 is 0. The summed E-state index contributed by atoms with van der Waals surface area (Å²) in [5.41, 5.74) is 8.18. The molecule has 0 radical (unpaired) electrons. The fraction of sp³-hybridized carbons (Fsp3) is 0.406. The molecule has 7 rings (SSSR count). The molecule has 0 saturated carbocycles. The second kappa shape index (κ2) is 12.2. The number of benzene rings is 2. The first-order valence-electron chi connectivity index (χ1n) is 15.0. The van der Waals surface area contributed by atoms with Crippen molar-refractivity contribution in [1.82, 2.24) is 24.6 Å². The molecular weight excluding hydrogens is 542 g/mol. The minimum absolute atomic E-state index is 0.666. The van der Waals surface area contributed by atoms with Gasteiger partial charge in [0.1, 0.15) is 5.82 Å². The molecule has 11 nitrogen and oxygen atoms in total. The summed E-state index contributed by atoms with van der Waals surface area (Å²) in [6, 6.07) is 16.8. The van der Waals surface area contributed by atoms with Gasteiger partial charge in [-0.2, -0.15) is 20.3 Å². The van der Waals surface area contributed by atoms with Crippen LogP contribution in [0.3, 0.4) is 0 Å². The van der Waals surface area contributed by atoms with Crippen molar-refractivity contribution in [2.24, 2.45) is 17.3 Å². The molecule has 0 spiro atoms. The van der Waals surface area contributed by atoms with Crippen LogP contribution in [-0.4, -0.2) is 95.2 Å². The van der Waals surface area contributed by atoms with E-state index in [1.165, 1.54) is 5.39 Å². The third kappa shape index (κ3) is 6.15. The number of aryl methyl sites for hydroxylation is 1. The van der Waals surface area contributed by atoms with E-state index < -0.39 is 0 Å². The van der Waals surface area contributed by atoms with Crippen molar-refractivity contribution >= 4 is 39.8 Å². The summed E-state index contributed by atoms with van der Waals surface area (Å²) in [5.74, 6) is 1.44. The molecule has 3 aliphatic heterocycles. The van der Waals surface area contributed by atoms with Gasteiger partial charge in [-0.3, -0.25) is 9.58 Å². The Morgan fingerprint density at radius 2 is 1.58 bits per heavy atom. The van der Waals surface area contributed by atoms with E-state index in [1.807, 2.05) is 24.7 Å². The fourth-order valence-corrected chi connectivity index (χ4v) is 5.83. The van der Waals surface area contributed by atoms with Gasteiger partial charge in [-0.25, -0.2) is 4.98 Å². The Morgan fingerprint density at radius 3 is 2.33 bits per heavy atom. The molecule has 0 amide bonds. The molecule has 4 aromatic rings. The van der Waals surface area contributed by atoms with Gasteiger partial charge in [0, 0.05) is 81.0 Å². The van der Waals surface area contributed by atoms with Gasteiger partial charge in [-0.05, 0) is 30.7 Å². The summed E-state index contributed by atoms with van der Waals surface area (Å²) in [6.07, 6.45) is 1.71. The Morgan fingerprint density at radius 1 is 0.837 bits per heavy atom. The first-order valence-corrected chi connectivity index (χ1v) is 15.0. The number of anilines is 3. The SMILES string of the molecule is CC1=NN=C(c2ccc(Nc3cc(-c4ccc5c(CCN6CCOCC6)nn(C)c5c4)nc(N4CCOCC4)n3)cc2)C1. The van der Waals surface area contributed by atoms with Crippen LogP contribution in [0.1, 0.15) is 24.6 Å². The second-order valence-electron chi connectivity index (χ2n) is 11.3. The largest absolute Gasteiger partial charge is 0.379 e. The minimum atomic E-state index is 0.666. The van der Waals surface area contributed by atoms with Gasteiger partial charge in [0.05, 0.1) is 49.0 Å². The molecule has 0 atom stereocenters. The normalized spacial score (nSPS) is 17.8. The predicted molar refractivity (Wildman–Crippen MR) is 170 cm³/mol. The van der Waals surface area contributed by atoms with Crippen LogP contribution in [0.5, 0.6) is 0 Å². The molecule has 0 bridgehead atoms. The maximum Gasteiger partial charge on any atom is 0.228 e. The van der Waals surface area contributed by atoms with E-state index in [0.717, 1.165) is 110 Å². The number of fused-ring (bicyclic) bond motifs is 1. The second-order valence-corrected chi connectivity index (χ2v) is 11.3. The lowest BCUT2D eigenvalue weighted by atomic mass is 10.1. The first-order chi connectivity index (χ1) is 21.1. The molecule has 222 valence electrons. The van der Waals surface area contributed by atoms with E-state index in [9.17, 15) is 0 Å². The van der Waals surface area contributed by atoms with E-state index in [2.05, 4.69) is 67.8 Å². The summed E-state index contributed by atoms with van der Waals surface area (Å²) < 4.78 is 13.1. The summed E-state index contributed by atoms with van der Waals surface area (Å²) in [6.45, 7) is 9.43. The number of hydrogen-bond donors (Lipinski definition) is 1. The monoisotopic (exact) mass is 579 g/mol. The molecule has 2 aromatic carbocycles. The lowest BCUT2D eigenvalue weighted by molar-refractivity contribution is 0.0383. The molecule has 3 aliphatic rings. The third-order valence-corrected chi connectivity index (χ3v) is 8.26. The van der Waals surface area contributed by atoms with E-state index in [0.29, 0.717) is 19.2 Å². The van der Waals surface area contributed by atoms with Crippen LogP contribution in [0.15, 0.2) is 58.7 Å². The predicted octanol–water partition coefficient (Wildman–Crippen LogP) is 4.05. The minimum Gasteiger partial charge on any atom is -0.379 e. The van der Waals surface area contributed by atoms with Crippen molar-refractivity contribution < 1.29 is 9.47 Å². The van der Waals surface area contributed by atoms with Crippen molar-refractivity contribution in [3.8, 4) is 11.3 Å². The van der Waals surface area contributed by atoms with E-state index in [-0.39, 0.29) is 0 Å². The average molecular weight is 580 g/mol. The standard InChI is InChI=1S/C32H37N9O2/c1-22-19-29(37-36-22)23-3-6-25(7-4-23)33-31-21-28(34-32(35-31)41-13-17-43-18-14-41)24-5-8-26-27(38-39(2)30(26)20-24)9-10-40-11-15-42-16-12-40/h3-8,20-21H,9-19H2,1-2H3,(H,33,34,35). The van der Waals surface area contributed by atoms with Gasteiger partial charge in [-0.1, -0.05) is 24.3 Å². The maximum atomic E-state index is 5.59. The first kappa shape index (κ1) is 27.6. The molecule has 43 heavy (non-hydrogen) atoms. The lowest BCUT2D eigenvalue weighted by Gasteiger charge is -2.27. The topological polar surface area (TPSA) is 105 Å². The van der Waals surface area contributed by atoms with E-state index in [4.69, 9.17) is 24.5 Å². The molecule has 5 heterocycles. The Bertz CT molecular complexity index is 1670. The number of nitrogens with zero attached hydrogens (tertiary/aromatic N) is 8. The molecule has 1 N–H and O–H groups in total. The molecule has 0 aliphatic carbocycles. The van der Waals surface area contributed by atoms with Crippen molar-refractivity contribution in [2.75, 3.05) is 69.4 Å². The van der Waals surface area contributed by atoms with Gasteiger partial charge in [0.2, 0.25) is 5.95 Å². The van der Waals surface area contributed by atoms with Gasteiger partial charge in [0.15, 0.2) is 0 Å². The van der Waals surface area contributed by atoms with Crippen LogP contribution in [-0.2, 0) is 22.9 Å². The summed E-state index contributed by atoms with van der Waals surface area (Å²) in [5, 5.41) is 18.1. The highest BCUT2D eigenvalue weighted by molar-refractivity contribution is 6.14. The van der Waals surface area contributed by atoms with Gasteiger partial charge in [0.25, 0.3) is 0 Å². The summed E-state index contributed by atoms with van der Waals surface area (Å²) in [4.78, 5) is 14.6. The lowest BCUT2D eigenvalue weighted by Crippen LogP contribution is -2.37. The Labute approximate surface area is 251 Å². The van der Waals surface area contributed by atoms with E-state index >= 15 is 0 Å². The fourth-order valence-electron chi connectivity index (χ4n) is 5.83. The number of ether oxygens (including phenoxy) is 2. The highest BCUT2D eigenvalue weighted by Crippen LogP contribution is 2.29. The number of rotatable bonds is 8. The van der Waals surface area contributed by atoms with Gasteiger partial charge < -0.3 is 19.7 Å². The molecule has 2 fully saturated rings. The summed E-state index contributed by atoms with van der Waals surface area (Å²) in [7, 11) is 2.02. The van der Waals surface area contributed by atoms with Crippen LogP contribution in [0, 0.1) is 0 Å². The number of hydrogen-bond acceptors (Lipinski definition) is 10. The molecular formula is C32H37N9O2. The Hall–Kier alpha value is -4.19. The van der Waals surface area contributed by atoms with Crippen molar-refractivity contribution in [2.45, 2.75) is 19.8 Å². The maximum absolute atomic E-state index is 5.59. The molecule has 2 aromatic heterocycles. The zero-order valence-electron chi connectivity index (χ0n) is 24.8. The van der Waals surface area contributed by atoms with Crippen LogP contribution in [0.2, 0.25) is 0 Å². The number of aromatic nitrogens is 4. The smallest absolute Gasteiger partial charge is 0.228 e. The number of morpholine rings is 2. The van der Waals surface area contributed by atoms with Crippen LogP contribution < -0.4 is 10.2 Å². The average Bonchev–Trinajstić information content (AvgIpc) is 3.63. The zero-order chi connectivity index (χ0) is 29.2. The molecule has 2 saturated heterocycles. The highest BCUT2D eigenvalue weighted by Gasteiger charge is 2.19. The van der Waals surface area contributed by atoms with Crippen LogP contribution in [0.25, 0.3) is 22.2 Å². The van der Waals surface area contributed by atoms with Crippen molar-refractivity contribution in [1.29, 1.82) is 0 Å². The van der Waals surface area contributed by atoms with Crippen LogP contribution >= 0.6 is 0 Å². The van der Waals surface area contributed by atoms with Crippen molar-refractivity contribution in [3.63, 3.8) is 0 Å². The highest BCUT2D eigenvalue weighted by atomic mass is 16.5. The quantitative estimate of drug-likeness (QED) is 0.333. The number of nitrogens with one attached hydrogen (secondary N) is 1. The van der Waals surface area contributed by atoms with Gasteiger partial charge >= 0.3 is 0 Å². The zero-order valence-corrected chi connectivity index (χ0v) is 24.8. The molecule has 11 heteroatoms. The molecule has 0 unspecified atom stereocenters. The Kier molecular flexibility index (Phi) is 7.84. The van der Waals surface area contributed by atoms with E-state index in [1.54, 1.807) is 0 Å². The van der Waals surface area contributed by atoms with Crippen LogP contribution in [0.4, 0.5) is 17.5 Å². The van der Waals surface area contributed by atoms with Crippen molar-refractivity contribution in [3.05, 3.63) is 59.8 Å². The third-order valence-electron chi connectivity index (χ3n) is 8.26.